The number of hydrogen-bond acceptors (Lipinski definition) is 5. The fraction of sp³-hybridized carbons (Fsp3) is 0.778. The molecule has 0 aromatic carbocycles. The zero-order valence-electron chi connectivity index (χ0n) is 7.93. The summed E-state index contributed by atoms with van der Waals surface area (Å²) in [6.07, 6.45) is 3.24. The van der Waals surface area contributed by atoms with Crippen LogP contribution >= 0.6 is 0 Å². The minimum Gasteiger partial charge on any atom is -0.392 e. The van der Waals surface area contributed by atoms with Crippen molar-refractivity contribution in [1.82, 2.24) is 10.1 Å². The molecule has 78 valence electrons. The van der Waals surface area contributed by atoms with Gasteiger partial charge in [-0.3, -0.25) is 0 Å². The van der Waals surface area contributed by atoms with E-state index in [0.29, 0.717) is 18.2 Å². The number of aliphatic hydroxyl groups is 1. The van der Waals surface area contributed by atoms with Gasteiger partial charge in [-0.1, -0.05) is 5.16 Å². The summed E-state index contributed by atoms with van der Waals surface area (Å²) < 4.78 is 10.1. The Kier molecular flexibility index (Phi) is 3.10. The van der Waals surface area contributed by atoms with Crippen LogP contribution in [-0.4, -0.2) is 34.6 Å². The van der Waals surface area contributed by atoms with Crippen molar-refractivity contribution in [1.29, 1.82) is 0 Å². The quantitative estimate of drug-likeness (QED) is 0.761. The Morgan fingerprint density at radius 1 is 1.50 bits per heavy atom. The van der Waals surface area contributed by atoms with Crippen LogP contribution in [0.5, 0.6) is 0 Å². The highest BCUT2D eigenvalue weighted by Crippen LogP contribution is 2.20. The van der Waals surface area contributed by atoms with Gasteiger partial charge in [0.1, 0.15) is 0 Å². The van der Waals surface area contributed by atoms with Gasteiger partial charge in [0.15, 0.2) is 6.33 Å². The third-order valence-corrected chi connectivity index (χ3v) is 2.60. The molecule has 0 bridgehead atoms. The lowest BCUT2D eigenvalue weighted by atomic mass is 9.92. The second-order valence-corrected chi connectivity index (χ2v) is 3.56. The van der Waals surface area contributed by atoms with Crippen molar-refractivity contribution in [2.24, 2.45) is 5.92 Å². The second kappa shape index (κ2) is 4.52. The van der Waals surface area contributed by atoms with E-state index in [1.54, 1.807) is 0 Å². The molecule has 1 aliphatic rings. The van der Waals surface area contributed by atoms with E-state index >= 15 is 0 Å². The van der Waals surface area contributed by atoms with Gasteiger partial charge in [0.25, 0.3) is 0 Å². The smallest absolute Gasteiger partial charge is 0.228 e. The van der Waals surface area contributed by atoms with Gasteiger partial charge in [-0.15, -0.1) is 0 Å². The summed E-state index contributed by atoms with van der Waals surface area (Å²) in [7, 11) is 0. The summed E-state index contributed by atoms with van der Waals surface area (Å²) in [6, 6.07) is 0. The summed E-state index contributed by atoms with van der Waals surface area (Å²) in [5.74, 6) is 0.805. The van der Waals surface area contributed by atoms with Crippen molar-refractivity contribution in [3.63, 3.8) is 0 Å². The predicted octanol–water partition coefficient (Wildman–Crippen LogP) is 0.400. The Labute approximate surface area is 82.1 Å². The van der Waals surface area contributed by atoms with Crippen molar-refractivity contribution in [2.75, 3.05) is 13.2 Å². The van der Waals surface area contributed by atoms with E-state index in [4.69, 9.17) is 9.26 Å². The summed E-state index contributed by atoms with van der Waals surface area (Å²) in [5.41, 5.74) is 0. The van der Waals surface area contributed by atoms with E-state index in [9.17, 15) is 5.11 Å². The molecule has 14 heavy (non-hydrogen) atoms. The van der Waals surface area contributed by atoms with Crippen LogP contribution in [0, 0.1) is 5.92 Å². The lowest BCUT2D eigenvalue weighted by Crippen LogP contribution is -2.28. The van der Waals surface area contributed by atoms with E-state index in [0.717, 1.165) is 26.1 Å². The zero-order valence-corrected chi connectivity index (χ0v) is 7.93. The minimum absolute atomic E-state index is 0.302. The number of aliphatic hydroxyl groups excluding tert-OH is 1. The molecule has 5 heteroatoms. The lowest BCUT2D eigenvalue weighted by molar-refractivity contribution is 0.00574. The fourth-order valence-corrected chi connectivity index (χ4v) is 1.73. The number of ether oxygens (including phenoxy) is 1. The summed E-state index contributed by atoms with van der Waals surface area (Å²) in [4.78, 5) is 3.88. The van der Waals surface area contributed by atoms with Gasteiger partial charge in [0, 0.05) is 13.2 Å². The van der Waals surface area contributed by atoms with Crippen molar-refractivity contribution in [2.45, 2.75) is 25.4 Å². The highest BCUT2D eigenvalue weighted by atomic mass is 16.5. The third kappa shape index (κ3) is 2.30. The van der Waals surface area contributed by atoms with Crippen molar-refractivity contribution >= 4 is 0 Å². The highest BCUT2D eigenvalue weighted by molar-refractivity contribution is 4.83. The molecular weight excluding hydrogens is 184 g/mol. The van der Waals surface area contributed by atoms with E-state index < -0.39 is 0 Å². The number of nitrogens with zero attached hydrogens (tertiary/aromatic N) is 2. The maximum absolute atomic E-state index is 9.86. The van der Waals surface area contributed by atoms with Crippen LogP contribution in [0.25, 0.3) is 0 Å². The van der Waals surface area contributed by atoms with E-state index in [1.807, 2.05) is 0 Å². The lowest BCUT2D eigenvalue weighted by Gasteiger charge is -2.25. The first-order chi connectivity index (χ1) is 6.86. The molecule has 0 amide bonds. The molecule has 0 radical (unpaired) electrons. The van der Waals surface area contributed by atoms with Crippen LogP contribution in [0.1, 0.15) is 18.7 Å². The van der Waals surface area contributed by atoms with Crippen LogP contribution < -0.4 is 0 Å². The fourth-order valence-electron chi connectivity index (χ4n) is 1.73. The molecule has 2 rings (SSSR count). The largest absolute Gasteiger partial charge is 0.392 e. The number of hydrogen-bond donors (Lipinski definition) is 1. The van der Waals surface area contributed by atoms with Crippen molar-refractivity contribution in [3.8, 4) is 0 Å². The Morgan fingerprint density at radius 2 is 2.29 bits per heavy atom. The van der Waals surface area contributed by atoms with Crippen LogP contribution in [0.3, 0.4) is 0 Å². The van der Waals surface area contributed by atoms with Gasteiger partial charge in [-0.05, 0) is 18.8 Å². The van der Waals surface area contributed by atoms with Crippen LogP contribution in [-0.2, 0) is 11.2 Å². The van der Waals surface area contributed by atoms with Crippen LogP contribution in [0.2, 0.25) is 0 Å². The minimum atomic E-state index is -0.389. The van der Waals surface area contributed by atoms with Gasteiger partial charge in [-0.2, -0.15) is 4.98 Å². The van der Waals surface area contributed by atoms with Gasteiger partial charge in [0.05, 0.1) is 12.5 Å². The van der Waals surface area contributed by atoms with Gasteiger partial charge < -0.3 is 14.4 Å². The molecule has 1 unspecified atom stereocenters. The molecule has 0 spiro atoms. The molecule has 0 saturated carbocycles. The predicted molar refractivity (Wildman–Crippen MR) is 47.6 cm³/mol. The van der Waals surface area contributed by atoms with Crippen molar-refractivity contribution in [3.05, 3.63) is 12.2 Å². The van der Waals surface area contributed by atoms with Gasteiger partial charge in [-0.25, -0.2) is 0 Å². The summed E-state index contributed by atoms with van der Waals surface area (Å²) in [5, 5.41) is 13.4. The SMILES string of the molecule is OC(Cc1ncno1)C1CCOCC1. The topological polar surface area (TPSA) is 68.4 Å². The molecular formula is C9H14N2O3. The monoisotopic (exact) mass is 198 g/mol. The van der Waals surface area contributed by atoms with Crippen molar-refractivity contribution < 1.29 is 14.4 Å². The van der Waals surface area contributed by atoms with E-state index in [2.05, 4.69) is 10.1 Å². The average molecular weight is 198 g/mol. The molecule has 1 saturated heterocycles. The zero-order chi connectivity index (χ0) is 9.80. The Bertz CT molecular complexity index is 257. The summed E-state index contributed by atoms with van der Waals surface area (Å²) >= 11 is 0. The standard InChI is InChI=1S/C9H14N2O3/c12-8(5-9-10-6-11-14-9)7-1-3-13-4-2-7/h6-8,12H,1-5H2. The second-order valence-electron chi connectivity index (χ2n) is 3.56. The first kappa shape index (κ1) is 9.61. The van der Waals surface area contributed by atoms with Gasteiger partial charge >= 0.3 is 0 Å². The first-order valence-corrected chi connectivity index (χ1v) is 4.87. The maximum atomic E-state index is 9.86. The number of rotatable bonds is 3. The molecule has 1 aromatic rings. The molecule has 1 aliphatic heterocycles. The van der Waals surface area contributed by atoms with E-state index in [1.165, 1.54) is 6.33 Å². The number of aromatic nitrogens is 2. The first-order valence-electron chi connectivity index (χ1n) is 4.87. The Morgan fingerprint density at radius 3 is 2.93 bits per heavy atom. The highest BCUT2D eigenvalue weighted by Gasteiger charge is 2.23. The van der Waals surface area contributed by atoms with Gasteiger partial charge in [0.2, 0.25) is 5.89 Å². The normalized spacial score (nSPS) is 20.9. The van der Waals surface area contributed by atoms with E-state index in [-0.39, 0.29) is 6.10 Å². The molecule has 5 nitrogen and oxygen atoms in total. The molecule has 0 aliphatic carbocycles. The Balaban J connectivity index is 1.85. The molecule has 1 atom stereocenters. The molecule has 2 heterocycles. The van der Waals surface area contributed by atoms with Crippen LogP contribution in [0.15, 0.2) is 10.9 Å². The Hall–Kier alpha value is -0.940. The average Bonchev–Trinajstić information content (AvgIpc) is 2.72. The summed E-state index contributed by atoms with van der Waals surface area (Å²) in [6.45, 7) is 1.48. The molecule has 1 N–H and O–H groups in total. The third-order valence-electron chi connectivity index (χ3n) is 2.60. The van der Waals surface area contributed by atoms with Crippen LogP contribution in [0.4, 0.5) is 0 Å². The molecule has 1 aromatic heterocycles. The maximum Gasteiger partial charge on any atom is 0.228 e. The molecule has 1 fully saturated rings.